The number of benzene rings is 2. The molecule has 1 aromatic heterocycles. The Bertz CT molecular complexity index is 791. The van der Waals surface area contributed by atoms with Gasteiger partial charge >= 0.3 is 0 Å². The van der Waals surface area contributed by atoms with Crippen LogP contribution in [0.4, 0.5) is 5.95 Å². The van der Waals surface area contributed by atoms with Crippen molar-refractivity contribution < 1.29 is 0 Å². The highest BCUT2D eigenvalue weighted by Crippen LogP contribution is 2.23. The van der Waals surface area contributed by atoms with Crippen LogP contribution >= 0.6 is 0 Å². The quantitative estimate of drug-likeness (QED) is 0.258. The fourth-order valence-electron chi connectivity index (χ4n) is 2.27. The molecule has 0 bridgehead atoms. The Morgan fingerprint density at radius 2 is 2.00 bits per heavy atom. The average molecular weight is 294 g/mol. The van der Waals surface area contributed by atoms with E-state index in [1.165, 1.54) is 5.56 Å². The number of imidazole rings is 1. The molecule has 3 rings (SSSR count). The number of rotatable bonds is 3. The predicted molar refractivity (Wildman–Crippen MR) is 90.5 cm³/mol. The lowest BCUT2D eigenvalue weighted by Crippen LogP contribution is -2.36. The number of nitrogens with one attached hydrogen (secondary N) is 3. The molecule has 0 fully saturated rings. The van der Waals surface area contributed by atoms with Crippen molar-refractivity contribution in [1.82, 2.24) is 15.4 Å². The Morgan fingerprint density at radius 1 is 1.18 bits per heavy atom. The molecule has 5 N–H and O–H groups in total. The van der Waals surface area contributed by atoms with Gasteiger partial charge in [-0.15, -0.1) is 0 Å². The van der Waals surface area contributed by atoms with Crippen LogP contribution in [0.5, 0.6) is 0 Å². The summed E-state index contributed by atoms with van der Waals surface area (Å²) in [4.78, 5) is 11.9. The molecule has 0 amide bonds. The van der Waals surface area contributed by atoms with Crippen LogP contribution in [-0.4, -0.2) is 22.5 Å². The zero-order valence-corrected chi connectivity index (χ0v) is 12.3. The molecule has 0 radical (unpaired) electrons. The van der Waals surface area contributed by atoms with Crippen LogP contribution in [0.1, 0.15) is 6.92 Å². The van der Waals surface area contributed by atoms with Gasteiger partial charge in [0, 0.05) is 6.54 Å². The van der Waals surface area contributed by atoms with Crippen molar-refractivity contribution in [2.75, 3.05) is 11.9 Å². The van der Waals surface area contributed by atoms with Gasteiger partial charge in [-0.2, -0.15) is 0 Å². The number of aliphatic imine (C=N–C) groups is 1. The van der Waals surface area contributed by atoms with Crippen molar-refractivity contribution in [3.8, 4) is 11.1 Å². The molecule has 0 saturated heterocycles. The van der Waals surface area contributed by atoms with Gasteiger partial charge in [-0.1, -0.05) is 36.4 Å². The summed E-state index contributed by atoms with van der Waals surface area (Å²) in [6.07, 6.45) is 0. The summed E-state index contributed by atoms with van der Waals surface area (Å²) >= 11 is 0. The maximum absolute atomic E-state index is 5.42. The van der Waals surface area contributed by atoms with E-state index in [4.69, 9.17) is 5.84 Å². The van der Waals surface area contributed by atoms with Crippen molar-refractivity contribution in [2.24, 2.45) is 10.8 Å². The molecular weight excluding hydrogens is 276 g/mol. The summed E-state index contributed by atoms with van der Waals surface area (Å²) in [5, 5.41) is 3.03. The number of nitrogens with two attached hydrogens (primary N) is 1. The smallest absolute Gasteiger partial charge is 0.212 e. The molecule has 0 atom stereocenters. The van der Waals surface area contributed by atoms with E-state index in [9.17, 15) is 0 Å². The Kier molecular flexibility index (Phi) is 4.02. The topological polar surface area (TPSA) is 91.1 Å². The lowest BCUT2D eigenvalue weighted by atomic mass is 10.1. The molecule has 0 aliphatic rings. The number of hydrogen-bond acceptors (Lipinski definition) is 3. The SMILES string of the molecule is CCN=C(NN)Nc1nc2ccc(-c3ccccc3)cc2[nH]1. The second-order valence-corrected chi connectivity index (χ2v) is 4.78. The highest BCUT2D eigenvalue weighted by atomic mass is 15.4. The monoisotopic (exact) mass is 294 g/mol. The summed E-state index contributed by atoms with van der Waals surface area (Å²) in [6, 6.07) is 16.4. The van der Waals surface area contributed by atoms with Crippen LogP contribution in [0, 0.1) is 0 Å². The minimum Gasteiger partial charge on any atom is -0.324 e. The molecule has 0 aliphatic heterocycles. The first-order valence-corrected chi connectivity index (χ1v) is 7.13. The molecule has 6 heteroatoms. The van der Waals surface area contributed by atoms with E-state index < -0.39 is 0 Å². The van der Waals surface area contributed by atoms with Crippen molar-refractivity contribution in [2.45, 2.75) is 6.92 Å². The third-order valence-corrected chi connectivity index (χ3v) is 3.28. The van der Waals surface area contributed by atoms with Gasteiger partial charge in [0.1, 0.15) is 0 Å². The Morgan fingerprint density at radius 3 is 2.73 bits per heavy atom. The molecule has 2 aromatic carbocycles. The Balaban J connectivity index is 1.92. The fraction of sp³-hybridized carbons (Fsp3) is 0.125. The molecular formula is C16H18N6. The second-order valence-electron chi connectivity index (χ2n) is 4.78. The highest BCUT2D eigenvalue weighted by molar-refractivity contribution is 5.93. The molecule has 0 saturated carbocycles. The third kappa shape index (κ3) is 2.91. The van der Waals surface area contributed by atoms with Crippen LogP contribution < -0.4 is 16.6 Å². The molecule has 0 spiro atoms. The van der Waals surface area contributed by atoms with Gasteiger partial charge in [0.2, 0.25) is 11.9 Å². The van der Waals surface area contributed by atoms with Gasteiger partial charge in [-0.3, -0.25) is 15.7 Å². The number of aromatic nitrogens is 2. The zero-order valence-electron chi connectivity index (χ0n) is 12.3. The summed E-state index contributed by atoms with van der Waals surface area (Å²) in [6.45, 7) is 2.56. The van der Waals surface area contributed by atoms with Crippen molar-refractivity contribution >= 4 is 22.9 Å². The third-order valence-electron chi connectivity index (χ3n) is 3.28. The molecule has 3 aromatic rings. The molecule has 22 heavy (non-hydrogen) atoms. The van der Waals surface area contributed by atoms with E-state index in [0.717, 1.165) is 16.6 Å². The van der Waals surface area contributed by atoms with Gasteiger partial charge in [0.05, 0.1) is 11.0 Å². The van der Waals surface area contributed by atoms with Crippen molar-refractivity contribution in [3.05, 3.63) is 48.5 Å². The van der Waals surface area contributed by atoms with E-state index >= 15 is 0 Å². The molecule has 1 heterocycles. The zero-order chi connectivity index (χ0) is 15.4. The van der Waals surface area contributed by atoms with Crippen LogP contribution in [0.2, 0.25) is 0 Å². The van der Waals surface area contributed by atoms with Crippen LogP contribution in [0.3, 0.4) is 0 Å². The number of nitrogens with zero attached hydrogens (tertiary/aromatic N) is 2. The average Bonchev–Trinajstić information content (AvgIpc) is 2.96. The van der Waals surface area contributed by atoms with Crippen molar-refractivity contribution in [3.63, 3.8) is 0 Å². The van der Waals surface area contributed by atoms with E-state index in [1.807, 2.05) is 31.2 Å². The lowest BCUT2D eigenvalue weighted by Gasteiger charge is -2.04. The standard InChI is InChI=1S/C16H18N6/c1-2-18-15(22-17)21-16-19-13-9-8-12(10-14(13)20-16)11-6-4-3-5-7-11/h3-10H,2,17H2,1H3,(H3,18,19,20,21,22). The minimum absolute atomic E-state index is 0.477. The normalized spacial score (nSPS) is 11.6. The fourth-order valence-corrected chi connectivity index (χ4v) is 2.27. The van der Waals surface area contributed by atoms with Crippen LogP contribution in [-0.2, 0) is 0 Å². The summed E-state index contributed by atoms with van der Waals surface area (Å²) in [7, 11) is 0. The van der Waals surface area contributed by atoms with Crippen LogP contribution in [0.15, 0.2) is 53.5 Å². The van der Waals surface area contributed by atoms with Gasteiger partial charge in [-0.05, 0) is 30.2 Å². The van der Waals surface area contributed by atoms with Gasteiger partial charge in [0.15, 0.2) is 0 Å². The number of aromatic amines is 1. The molecule has 6 nitrogen and oxygen atoms in total. The molecule has 0 aliphatic carbocycles. The predicted octanol–water partition coefficient (Wildman–Crippen LogP) is 2.48. The van der Waals surface area contributed by atoms with E-state index in [-0.39, 0.29) is 0 Å². The largest absolute Gasteiger partial charge is 0.324 e. The van der Waals surface area contributed by atoms with Crippen LogP contribution in [0.25, 0.3) is 22.2 Å². The first-order chi connectivity index (χ1) is 10.8. The Labute approximate surface area is 128 Å². The van der Waals surface area contributed by atoms with E-state index in [0.29, 0.717) is 18.5 Å². The number of fused-ring (bicyclic) bond motifs is 1. The van der Waals surface area contributed by atoms with Gasteiger partial charge in [-0.25, -0.2) is 10.8 Å². The first-order valence-electron chi connectivity index (χ1n) is 7.13. The van der Waals surface area contributed by atoms with E-state index in [1.54, 1.807) is 0 Å². The van der Waals surface area contributed by atoms with E-state index in [2.05, 4.69) is 50.0 Å². The Hall–Kier alpha value is -2.86. The maximum atomic E-state index is 5.42. The minimum atomic E-state index is 0.477. The summed E-state index contributed by atoms with van der Waals surface area (Å²) in [5.41, 5.74) is 6.66. The number of H-pyrrole nitrogens is 1. The number of hydrazine groups is 1. The molecule has 0 unspecified atom stereocenters. The van der Waals surface area contributed by atoms with Gasteiger partial charge < -0.3 is 4.98 Å². The number of guanidine groups is 1. The molecule has 112 valence electrons. The highest BCUT2D eigenvalue weighted by Gasteiger charge is 2.06. The van der Waals surface area contributed by atoms with Gasteiger partial charge in [0.25, 0.3) is 0 Å². The number of hydrogen-bond donors (Lipinski definition) is 4. The summed E-state index contributed by atoms with van der Waals surface area (Å²) < 4.78 is 0. The maximum Gasteiger partial charge on any atom is 0.212 e. The first kappa shape index (κ1) is 14.1. The van der Waals surface area contributed by atoms with Crippen molar-refractivity contribution in [1.29, 1.82) is 0 Å². The lowest BCUT2D eigenvalue weighted by molar-refractivity contribution is 0.982. The summed E-state index contributed by atoms with van der Waals surface area (Å²) in [5.74, 6) is 6.49. The number of anilines is 1. The second kappa shape index (κ2) is 6.28.